The van der Waals surface area contributed by atoms with E-state index in [4.69, 9.17) is 9.84 Å². The second kappa shape index (κ2) is 7.88. The zero-order valence-electron chi connectivity index (χ0n) is 14.1. The molecule has 0 saturated carbocycles. The number of amides is 1. The summed E-state index contributed by atoms with van der Waals surface area (Å²) in [6, 6.07) is 14.5. The van der Waals surface area contributed by atoms with E-state index in [2.05, 4.69) is 5.43 Å². The van der Waals surface area contributed by atoms with Crippen LogP contribution >= 0.6 is 11.3 Å². The summed E-state index contributed by atoms with van der Waals surface area (Å²) in [6.07, 6.45) is 0.297. The maximum absolute atomic E-state index is 12.8. The van der Waals surface area contributed by atoms with Crippen LogP contribution in [0.5, 0.6) is 5.75 Å². The summed E-state index contributed by atoms with van der Waals surface area (Å²) in [5.41, 5.74) is 4.81. The number of carbonyl (C=O) groups is 2. The van der Waals surface area contributed by atoms with E-state index >= 15 is 0 Å². The number of carbonyl (C=O) groups excluding carboxylic acids is 1. The van der Waals surface area contributed by atoms with Crippen LogP contribution in [0.3, 0.4) is 0 Å². The molecular weight excluding hydrogens is 352 g/mol. The van der Waals surface area contributed by atoms with Crippen LogP contribution in [0.15, 0.2) is 53.9 Å². The zero-order valence-corrected chi connectivity index (χ0v) is 15.0. The number of aromatic nitrogens is 1. The number of ether oxygens (including phenoxy) is 1. The Bertz CT molecular complexity index is 916. The number of hydrogen-bond donors (Lipinski definition) is 2. The molecule has 0 spiro atoms. The van der Waals surface area contributed by atoms with Gasteiger partial charge in [-0.3, -0.25) is 19.7 Å². The van der Waals surface area contributed by atoms with Gasteiger partial charge in [0.2, 0.25) is 0 Å². The van der Waals surface area contributed by atoms with Gasteiger partial charge in [0.05, 0.1) is 29.7 Å². The largest absolute Gasteiger partial charge is 0.496 e. The lowest BCUT2D eigenvalue weighted by Gasteiger charge is -2.15. The van der Waals surface area contributed by atoms with Crippen molar-refractivity contribution in [2.24, 2.45) is 0 Å². The molecule has 0 bridgehead atoms. The van der Waals surface area contributed by atoms with Gasteiger partial charge in [-0.2, -0.15) is 0 Å². The number of thiophene rings is 1. The van der Waals surface area contributed by atoms with Gasteiger partial charge in [-0.15, -0.1) is 11.3 Å². The van der Waals surface area contributed by atoms with Crippen molar-refractivity contribution < 1.29 is 19.4 Å². The van der Waals surface area contributed by atoms with Crippen LogP contribution in [-0.4, -0.2) is 28.8 Å². The van der Waals surface area contributed by atoms with Gasteiger partial charge in [-0.25, -0.2) is 0 Å². The highest BCUT2D eigenvalue weighted by atomic mass is 32.1. The van der Waals surface area contributed by atoms with Gasteiger partial charge in [0.25, 0.3) is 5.91 Å². The summed E-state index contributed by atoms with van der Waals surface area (Å²) < 4.78 is 6.91. The Morgan fingerprint density at radius 2 is 1.96 bits per heavy atom. The monoisotopic (exact) mass is 370 g/mol. The fourth-order valence-corrected chi connectivity index (χ4v) is 3.39. The molecule has 6 nitrogen and oxygen atoms in total. The molecule has 0 saturated heterocycles. The van der Waals surface area contributed by atoms with E-state index in [9.17, 15) is 9.59 Å². The molecule has 2 N–H and O–H groups in total. The van der Waals surface area contributed by atoms with E-state index in [1.165, 1.54) is 7.11 Å². The number of carboxylic acids is 1. The lowest BCUT2D eigenvalue weighted by atomic mass is 10.2. The Hall–Kier alpha value is -3.06. The molecule has 2 heterocycles. The van der Waals surface area contributed by atoms with Gasteiger partial charge in [0.1, 0.15) is 5.75 Å². The molecular formula is C19H18N2O4S. The topological polar surface area (TPSA) is 80.6 Å². The van der Waals surface area contributed by atoms with Crippen molar-refractivity contribution in [2.45, 2.75) is 12.8 Å². The molecule has 0 radical (unpaired) electrons. The van der Waals surface area contributed by atoms with Gasteiger partial charge < -0.3 is 9.84 Å². The lowest BCUT2D eigenvalue weighted by Crippen LogP contribution is -2.25. The maximum Gasteiger partial charge on any atom is 0.303 e. The van der Waals surface area contributed by atoms with Crippen molar-refractivity contribution in [1.82, 2.24) is 4.68 Å². The molecule has 134 valence electrons. The van der Waals surface area contributed by atoms with Gasteiger partial charge >= 0.3 is 5.97 Å². The average molecular weight is 370 g/mol. The second-order valence-corrected chi connectivity index (χ2v) is 6.51. The van der Waals surface area contributed by atoms with Crippen molar-refractivity contribution in [3.8, 4) is 16.3 Å². The molecule has 26 heavy (non-hydrogen) atoms. The Morgan fingerprint density at radius 3 is 2.65 bits per heavy atom. The number of methoxy groups -OCH3 is 1. The predicted molar refractivity (Wildman–Crippen MR) is 100 cm³/mol. The van der Waals surface area contributed by atoms with E-state index in [-0.39, 0.29) is 12.3 Å². The summed E-state index contributed by atoms with van der Waals surface area (Å²) in [6.45, 7) is 0. The van der Waals surface area contributed by atoms with Crippen LogP contribution < -0.4 is 10.2 Å². The minimum Gasteiger partial charge on any atom is -0.496 e. The van der Waals surface area contributed by atoms with E-state index in [1.54, 1.807) is 40.3 Å². The number of carboxylic acid groups (broad SMARTS) is 1. The molecule has 0 fully saturated rings. The number of para-hydroxylation sites is 1. The van der Waals surface area contributed by atoms with Crippen molar-refractivity contribution in [2.75, 3.05) is 12.5 Å². The van der Waals surface area contributed by atoms with Gasteiger partial charge in [0, 0.05) is 12.1 Å². The fourth-order valence-electron chi connectivity index (χ4n) is 2.65. The number of nitrogens with one attached hydrogen (secondary N) is 1. The van der Waals surface area contributed by atoms with Gasteiger partial charge in [-0.05, 0) is 35.7 Å². The molecule has 0 unspecified atom stereocenters. The van der Waals surface area contributed by atoms with E-state index < -0.39 is 5.97 Å². The minimum atomic E-state index is -0.883. The van der Waals surface area contributed by atoms with E-state index in [1.807, 2.05) is 29.6 Å². The van der Waals surface area contributed by atoms with Gasteiger partial charge in [0.15, 0.2) is 0 Å². The molecule has 0 aliphatic carbocycles. The highest BCUT2D eigenvalue weighted by molar-refractivity contribution is 7.13. The van der Waals surface area contributed by atoms with Crippen LogP contribution in [0.25, 0.3) is 10.6 Å². The highest BCUT2D eigenvalue weighted by Gasteiger charge is 2.17. The minimum absolute atomic E-state index is 0.0155. The first-order valence-corrected chi connectivity index (χ1v) is 8.89. The quantitative estimate of drug-likeness (QED) is 0.666. The summed E-state index contributed by atoms with van der Waals surface area (Å²) >= 11 is 1.55. The molecule has 3 aromatic rings. The number of hydrogen-bond acceptors (Lipinski definition) is 4. The number of benzene rings is 1. The Kier molecular flexibility index (Phi) is 5.38. The van der Waals surface area contributed by atoms with Crippen LogP contribution in [0.2, 0.25) is 0 Å². The van der Waals surface area contributed by atoms with Crippen LogP contribution in [-0.2, 0) is 11.2 Å². The second-order valence-electron chi connectivity index (χ2n) is 5.56. The van der Waals surface area contributed by atoms with Crippen LogP contribution in [0.1, 0.15) is 22.5 Å². The fraction of sp³-hybridized carbons (Fsp3) is 0.158. The SMILES string of the molecule is COc1ccccc1C(=O)Nn1c(CCC(=O)O)ccc1-c1cccs1. The summed E-state index contributed by atoms with van der Waals surface area (Å²) in [4.78, 5) is 24.7. The van der Waals surface area contributed by atoms with E-state index in [0.717, 1.165) is 16.3 Å². The first-order chi connectivity index (χ1) is 12.6. The molecule has 2 aromatic heterocycles. The number of aryl methyl sites for hydroxylation is 1. The van der Waals surface area contributed by atoms with Crippen LogP contribution in [0.4, 0.5) is 0 Å². The summed E-state index contributed by atoms with van der Waals surface area (Å²) in [7, 11) is 1.51. The Labute approximate surface area is 154 Å². The molecule has 0 aliphatic rings. The normalized spacial score (nSPS) is 10.5. The number of aliphatic carboxylic acids is 1. The van der Waals surface area contributed by atoms with Crippen molar-refractivity contribution in [1.29, 1.82) is 0 Å². The van der Waals surface area contributed by atoms with Crippen molar-refractivity contribution in [3.05, 3.63) is 65.2 Å². The smallest absolute Gasteiger partial charge is 0.303 e. The molecule has 1 amide bonds. The molecule has 0 atom stereocenters. The third-order valence-corrected chi connectivity index (χ3v) is 4.79. The third kappa shape index (κ3) is 3.78. The summed E-state index contributed by atoms with van der Waals surface area (Å²) in [5.74, 6) is -0.735. The molecule has 7 heteroatoms. The molecule has 3 rings (SSSR count). The van der Waals surface area contributed by atoms with Crippen molar-refractivity contribution in [3.63, 3.8) is 0 Å². The number of nitrogens with zero attached hydrogens (tertiary/aromatic N) is 1. The predicted octanol–water partition coefficient (Wildman–Crippen LogP) is 3.63. The van der Waals surface area contributed by atoms with E-state index in [0.29, 0.717) is 17.7 Å². The Balaban J connectivity index is 1.95. The lowest BCUT2D eigenvalue weighted by molar-refractivity contribution is -0.136. The van der Waals surface area contributed by atoms with Crippen LogP contribution in [0, 0.1) is 0 Å². The molecule has 1 aromatic carbocycles. The average Bonchev–Trinajstić information content (AvgIpc) is 3.29. The summed E-state index contributed by atoms with van der Waals surface area (Å²) in [5, 5.41) is 10.9. The highest BCUT2D eigenvalue weighted by Crippen LogP contribution is 2.27. The van der Waals surface area contributed by atoms with Gasteiger partial charge in [-0.1, -0.05) is 18.2 Å². The Morgan fingerprint density at radius 1 is 1.15 bits per heavy atom. The number of rotatable bonds is 7. The first-order valence-electron chi connectivity index (χ1n) is 8.01. The third-order valence-electron chi connectivity index (χ3n) is 3.90. The maximum atomic E-state index is 12.8. The first kappa shape index (κ1) is 17.8. The zero-order chi connectivity index (χ0) is 18.5. The van der Waals surface area contributed by atoms with Crippen molar-refractivity contribution >= 4 is 23.2 Å². The standard InChI is InChI=1S/C19H18N2O4S/c1-25-16-6-3-2-5-14(16)19(24)20-21-13(9-11-18(22)23)8-10-15(21)17-7-4-12-26-17/h2-8,10,12H,9,11H2,1H3,(H,20,24)(H,22,23). The molecule has 0 aliphatic heterocycles.